The van der Waals surface area contributed by atoms with Gasteiger partial charge in [-0.3, -0.25) is 4.99 Å². The first-order chi connectivity index (χ1) is 11.0. The van der Waals surface area contributed by atoms with Crippen LogP contribution in [0.15, 0.2) is 34.6 Å². The molecule has 1 unspecified atom stereocenters. The van der Waals surface area contributed by atoms with Crippen molar-refractivity contribution < 1.29 is 0 Å². The number of aromatic nitrogens is 1. The van der Waals surface area contributed by atoms with Crippen LogP contribution in [0.3, 0.4) is 0 Å². The Morgan fingerprint density at radius 1 is 1.29 bits per heavy atom. The van der Waals surface area contributed by atoms with Crippen LogP contribution in [-0.4, -0.2) is 18.0 Å². The zero-order valence-electron chi connectivity index (χ0n) is 14.3. The van der Waals surface area contributed by atoms with E-state index < -0.39 is 0 Å². The van der Waals surface area contributed by atoms with Crippen molar-refractivity contribution in [2.75, 3.05) is 7.05 Å². The molecular weight excluding hydrogens is 455 g/mol. The maximum Gasteiger partial charge on any atom is 0.191 e. The summed E-state index contributed by atoms with van der Waals surface area (Å²) in [5, 5.41) is 10.7. The van der Waals surface area contributed by atoms with Gasteiger partial charge in [0.05, 0.1) is 23.3 Å². The molecule has 0 radical (unpaired) electrons. The number of nitrogens with zero attached hydrogens (tertiary/aromatic N) is 2. The van der Waals surface area contributed by atoms with Crippen molar-refractivity contribution in [3.05, 3.63) is 50.9 Å². The Bertz CT molecular complexity index is 672. The molecule has 24 heavy (non-hydrogen) atoms. The van der Waals surface area contributed by atoms with Crippen molar-refractivity contribution in [3.63, 3.8) is 0 Å². The fourth-order valence-corrected chi connectivity index (χ4v) is 3.28. The highest BCUT2D eigenvalue weighted by atomic mass is 127. The Balaban J connectivity index is 0.00000288. The molecule has 0 amide bonds. The minimum atomic E-state index is 0. The van der Waals surface area contributed by atoms with E-state index in [0.717, 1.165) is 27.2 Å². The molecule has 0 aliphatic heterocycles. The molecule has 1 aromatic carbocycles. The summed E-state index contributed by atoms with van der Waals surface area (Å²) < 4.78 is 0. The molecule has 0 aliphatic carbocycles. The van der Waals surface area contributed by atoms with E-state index in [1.54, 1.807) is 18.4 Å². The number of hydrogen-bond donors (Lipinski definition) is 2. The highest BCUT2D eigenvalue weighted by Gasteiger charge is 2.11. The van der Waals surface area contributed by atoms with Gasteiger partial charge < -0.3 is 10.6 Å². The molecular formula is C17H24ClIN4S. The maximum atomic E-state index is 6.24. The molecule has 1 aromatic heterocycles. The molecule has 2 aromatic rings. The summed E-state index contributed by atoms with van der Waals surface area (Å²) in [6.07, 6.45) is 0. The summed E-state index contributed by atoms with van der Waals surface area (Å²) in [6, 6.07) is 7.89. The van der Waals surface area contributed by atoms with Crippen LogP contribution < -0.4 is 10.6 Å². The Morgan fingerprint density at radius 3 is 2.58 bits per heavy atom. The molecule has 2 rings (SSSR count). The quantitative estimate of drug-likeness (QED) is 0.363. The van der Waals surface area contributed by atoms with Crippen LogP contribution >= 0.6 is 46.9 Å². The third kappa shape index (κ3) is 5.89. The van der Waals surface area contributed by atoms with E-state index in [-0.39, 0.29) is 30.0 Å². The molecule has 4 nitrogen and oxygen atoms in total. The maximum absolute atomic E-state index is 6.24. The van der Waals surface area contributed by atoms with E-state index >= 15 is 0 Å². The van der Waals surface area contributed by atoms with Gasteiger partial charge in [-0.2, -0.15) is 0 Å². The van der Waals surface area contributed by atoms with Crippen molar-refractivity contribution in [1.29, 1.82) is 0 Å². The summed E-state index contributed by atoms with van der Waals surface area (Å²) >= 11 is 7.94. The minimum Gasteiger partial charge on any atom is -0.351 e. The molecule has 0 spiro atoms. The van der Waals surface area contributed by atoms with Crippen LogP contribution in [0.2, 0.25) is 5.02 Å². The Hall–Kier alpha value is -0.860. The predicted octanol–water partition coefficient (Wildman–Crippen LogP) is 4.96. The fraction of sp³-hybridized carbons (Fsp3) is 0.412. The number of thiazole rings is 1. The van der Waals surface area contributed by atoms with Crippen LogP contribution in [0.25, 0.3) is 0 Å². The summed E-state index contributed by atoms with van der Waals surface area (Å²) in [5.41, 5.74) is 2.08. The van der Waals surface area contributed by atoms with Crippen LogP contribution in [0.1, 0.15) is 49.0 Å². The van der Waals surface area contributed by atoms with Gasteiger partial charge in [0.2, 0.25) is 0 Å². The lowest BCUT2D eigenvalue weighted by atomic mass is 10.1. The van der Waals surface area contributed by atoms with Crippen LogP contribution in [0, 0.1) is 0 Å². The van der Waals surface area contributed by atoms with Crippen molar-refractivity contribution in [1.82, 2.24) is 15.6 Å². The molecule has 0 saturated heterocycles. The number of halogens is 2. The minimum absolute atomic E-state index is 0. The first kappa shape index (κ1) is 21.2. The number of rotatable bonds is 5. The van der Waals surface area contributed by atoms with Crippen molar-refractivity contribution >= 4 is 52.9 Å². The zero-order valence-corrected chi connectivity index (χ0v) is 18.2. The fourth-order valence-electron chi connectivity index (χ4n) is 2.15. The smallest absolute Gasteiger partial charge is 0.191 e. The van der Waals surface area contributed by atoms with E-state index in [1.165, 1.54) is 0 Å². The number of aliphatic imine (C=N–C) groups is 1. The van der Waals surface area contributed by atoms with Gasteiger partial charge in [-0.15, -0.1) is 35.3 Å². The molecule has 0 bridgehead atoms. The third-order valence-corrected chi connectivity index (χ3v) is 4.99. The third-order valence-electron chi connectivity index (χ3n) is 3.45. The van der Waals surface area contributed by atoms with Crippen molar-refractivity contribution in [3.8, 4) is 0 Å². The molecule has 7 heteroatoms. The Kier molecular flexibility index (Phi) is 9.01. The highest BCUT2D eigenvalue weighted by molar-refractivity contribution is 14.0. The van der Waals surface area contributed by atoms with E-state index in [1.807, 2.05) is 24.3 Å². The molecule has 0 fully saturated rings. The van der Waals surface area contributed by atoms with E-state index in [0.29, 0.717) is 12.5 Å². The lowest BCUT2D eigenvalue weighted by molar-refractivity contribution is 0.682. The Labute approximate surface area is 170 Å². The summed E-state index contributed by atoms with van der Waals surface area (Å²) in [6.45, 7) is 7.02. The SMILES string of the molecule is CN=C(NCc1csc(C(C)C)n1)NC(C)c1ccccc1Cl.I. The first-order valence-electron chi connectivity index (χ1n) is 7.67. The average Bonchev–Trinajstić information content (AvgIpc) is 3.00. The second-order valence-corrected chi connectivity index (χ2v) is 6.94. The first-order valence-corrected chi connectivity index (χ1v) is 8.93. The molecule has 1 atom stereocenters. The van der Waals surface area contributed by atoms with Gasteiger partial charge in [-0.25, -0.2) is 4.98 Å². The van der Waals surface area contributed by atoms with E-state index in [4.69, 9.17) is 11.6 Å². The summed E-state index contributed by atoms with van der Waals surface area (Å²) in [7, 11) is 1.76. The topological polar surface area (TPSA) is 49.3 Å². The lowest BCUT2D eigenvalue weighted by Gasteiger charge is -2.19. The van der Waals surface area contributed by atoms with Gasteiger partial charge in [0.1, 0.15) is 0 Å². The van der Waals surface area contributed by atoms with E-state index in [9.17, 15) is 0 Å². The predicted molar refractivity (Wildman–Crippen MR) is 115 cm³/mol. The number of nitrogens with one attached hydrogen (secondary N) is 2. The molecule has 1 heterocycles. The molecule has 0 aliphatic rings. The highest BCUT2D eigenvalue weighted by Crippen LogP contribution is 2.22. The number of hydrogen-bond acceptors (Lipinski definition) is 3. The zero-order chi connectivity index (χ0) is 16.8. The van der Waals surface area contributed by atoms with Gasteiger partial charge in [-0.05, 0) is 18.6 Å². The molecule has 0 saturated carbocycles. The van der Waals surface area contributed by atoms with Gasteiger partial charge in [0, 0.05) is 23.4 Å². The number of benzene rings is 1. The van der Waals surface area contributed by atoms with Crippen molar-refractivity contribution in [2.24, 2.45) is 4.99 Å². The van der Waals surface area contributed by atoms with Crippen LogP contribution in [0.4, 0.5) is 0 Å². The monoisotopic (exact) mass is 478 g/mol. The van der Waals surface area contributed by atoms with Gasteiger partial charge in [-0.1, -0.05) is 43.6 Å². The second kappa shape index (κ2) is 10.2. The average molecular weight is 479 g/mol. The van der Waals surface area contributed by atoms with Crippen LogP contribution in [-0.2, 0) is 6.54 Å². The Morgan fingerprint density at radius 2 is 2.00 bits per heavy atom. The van der Waals surface area contributed by atoms with Gasteiger partial charge in [0.15, 0.2) is 5.96 Å². The summed E-state index contributed by atoms with van der Waals surface area (Å²) in [4.78, 5) is 8.89. The standard InChI is InChI=1S/C17H23ClN4S.HI/c1-11(2)16-22-13(10-23-16)9-20-17(19-4)21-12(3)14-7-5-6-8-15(14)18;/h5-8,10-12H,9H2,1-4H3,(H2,19,20,21);1H. The van der Waals surface area contributed by atoms with Gasteiger partial charge in [0.25, 0.3) is 0 Å². The second-order valence-electron chi connectivity index (χ2n) is 5.65. The van der Waals surface area contributed by atoms with Gasteiger partial charge >= 0.3 is 0 Å². The van der Waals surface area contributed by atoms with Crippen molar-refractivity contribution in [2.45, 2.75) is 39.3 Å². The number of guanidine groups is 1. The largest absolute Gasteiger partial charge is 0.351 e. The summed E-state index contributed by atoms with van der Waals surface area (Å²) in [5.74, 6) is 1.20. The lowest BCUT2D eigenvalue weighted by Crippen LogP contribution is -2.38. The van der Waals surface area contributed by atoms with E-state index in [2.05, 4.69) is 46.8 Å². The van der Waals surface area contributed by atoms with Crippen LogP contribution in [0.5, 0.6) is 0 Å². The molecule has 2 N–H and O–H groups in total. The molecule has 132 valence electrons. The normalized spacial score (nSPS) is 12.7.